The number of hydrogen-bond acceptors (Lipinski definition) is 10. The first-order chi connectivity index (χ1) is 14.3. The molecule has 11 nitrogen and oxygen atoms in total. The van der Waals surface area contributed by atoms with Gasteiger partial charge in [-0.25, -0.2) is 9.59 Å². The van der Waals surface area contributed by atoms with E-state index in [2.05, 4.69) is 5.32 Å². The van der Waals surface area contributed by atoms with Gasteiger partial charge in [-0.05, 0) is 13.3 Å². The van der Waals surface area contributed by atoms with Gasteiger partial charge in [-0.2, -0.15) is 0 Å². The third kappa shape index (κ3) is 19.1. The molecule has 11 heteroatoms. The highest BCUT2D eigenvalue weighted by atomic mass is 16.6. The van der Waals surface area contributed by atoms with E-state index in [9.17, 15) is 19.2 Å². The van der Waals surface area contributed by atoms with Gasteiger partial charge in [0, 0.05) is 26.6 Å². The molecule has 0 saturated heterocycles. The molecule has 0 aromatic heterocycles. The summed E-state index contributed by atoms with van der Waals surface area (Å²) in [4.78, 5) is 46.6. The Kier molecular flexibility index (Phi) is 17.4. The van der Waals surface area contributed by atoms with Gasteiger partial charge in [0.1, 0.15) is 25.6 Å². The van der Waals surface area contributed by atoms with Gasteiger partial charge in [-0.15, -0.1) is 0 Å². The molecule has 1 amide bonds. The molecule has 0 bridgehead atoms. The number of ether oxygens (including phenoxy) is 5. The van der Waals surface area contributed by atoms with Crippen molar-refractivity contribution in [2.75, 3.05) is 72.4 Å². The van der Waals surface area contributed by atoms with E-state index >= 15 is 0 Å². The van der Waals surface area contributed by atoms with Crippen LogP contribution in [0.15, 0.2) is 0 Å². The predicted octanol–water partition coefficient (Wildman–Crippen LogP) is 0.153. The number of hydrogen-bond donors (Lipinski definition) is 1. The van der Waals surface area contributed by atoms with Gasteiger partial charge in [-0.3, -0.25) is 14.5 Å². The molecule has 0 atom stereocenters. The van der Waals surface area contributed by atoms with Crippen molar-refractivity contribution in [2.24, 2.45) is 0 Å². The van der Waals surface area contributed by atoms with E-state index in [1.807, 2.05) is 6.92 Å². The molecule has 0 heterocycles. The highest BCUT2D eigenvalue weighted by Crippen LogP contribution is 1.92. The van der Waals surface area contributed by atoms with E-state index in [0.717, 1.165) is 6.42 Å². The molecular weight excluding hydrogens is 400 g/mol. The summed E-state index contributed by atoms with van der Waals surface area (Å²) in [6, 6.07) is 0. The fourth-order valence-electron chi connectivity index (χ4n) is 2.08. The summed E-state index contributed by atoms with van der Waals surface area (Å²) in [5, 5.41) is 2.54. The number of carbonyl (C=O) groups is 4. The average Bonchev–Trinajstić information content (AvgIpc) is 2.67. The minimum Gasteiger partial charge on any atom is -0.465 e. The number of nitrogens with zero attached hydrogens (tertiary/aromatic N) is 1. The molecule has 0 rings (SSSR count). The normalized spacial score (nSPS) is 10.5. The fourth-order valence-corrected chi connectivity index (χ4v) is 2.08. The second kappa shape index (κ2) is 18.8. The second-order valence-electron chi connectivity index (χ2n) is 6.27. The van der Waals surface area contributed by atoms with Crippen LogP contribution in [0.1, 0.15) is 27.2 Å². The van der Waals surface area contributed by atoms with E-state index in [1.54, 1.807) is 4.90 Å². The fraction of sp³-hybridized carbons (Fsp3) is 0.789. The van der Waals surface area contributed by atoms with Crippen molar-refractivity contribution >= 4 is 23.8 Å². The first-order valence-corrected chi connectivity index (χ1v) is 9.92. The van der Waals surface area contributed by atoms with Crippen molar-refractivity contribution in [2.45, 2.75) is 27.2 Å². The minimum atomic E-state index is -0.530. The van der Waals surface area contributed by atoms with Crippen molar-refractivity contribution in [3.05, 3.63) is 0 Å². The van der Waals surface area contributed by atoms with E-state index in [-0.39, 0.29) is 45.4 Å². The van der Waals surface area contributed by atoms with Crippen molar-refractivity contribution in [1.29, 1.82) is 0 Å². The Balaban J connectivity index is 3.69. The Morgan fingerprint density at radius 3 is 2.10 bits per heavy atom. The van der Waals surface area contributed by atoms with Crippen molar-refractivity contribution in [3.8, 4) is 0 Å². The summed E-state index contributed by atoms with van der Waals surface area (Å²) in [7, 11) is 0. The maximum absolute atomic E-state index is 11.6. The van der Waals surface area contributed by atoms with Gasteiger partial charge in [0.15, 0.2) is 0 Å². The summed E-state index contributed by atoms with van der Waals surface area (Å²) >= 11 is 0. The molecule has 0 fully saturated rings. The van der Waals surface area contributed by atoms with Gasteiger partial charge in [-0.1, -0.05) is 6.92 Å². The maximum Gasteiger partial charge on any atom is 0.407 e. The number of ketones is 1. The lowest BCUT2D eigenvalue weighted by atomic mass is 10.4. The lowest BCUT2D eigenvalue weighted by Gasteiger charge is -2.20. The van der Waals surface area contributed by atoms with Gasteiger partial charge in [0.05, 0.1) is 33.0 Å². The summed E-state index contributed by atoms with van der Waals surface area (Å²) in [5.74, 6) is -0.963. The lowest BCUT2D eigenvalue weighted by molar-refractivity contribution is -0.149. The third-order valence-electron chi connectivity index (χ3n) is 3.37. The number of Topliss-reactive ketones (excluding diaryl/α,β-unsaturated/α-hetero) is 1. The molecule has 0 radical (unpaired) electrons. The van der Waals surface area contributed by atoms with Crippen LogP contribution >= 0.6 is 0 Å². The Morgan fingerprint density at radius 2 is 1.47 bits per heavy atom. The summed E-state index contributed by atoms with van der Waals surface area (Å²) in [6.07, 6.45) is 0.281. The van der Waals surface area contributed by atoms with Gasteiger partial charge < -0.3 is 29.0 Å². The SMILES string of the molecule is CCCOC(=O)NCCOCCOCC(=O)OCCN(CCOC(C)=O)CC(C)=O. The maximum atomic E-state index is 11.6. The minimum absolute atomic E-state index is 0.0412. The molecule has 174 valence electrons. The second-order valence-corrected chi connectivity index (χ2v) is 6.27. The number of esters is 2. The zero-order valence-electron chi connectivity index (χ0n) is 18.1. The Bertz CT molecular complexity index is 514. The van der Waals surface area contributed by atoms with Crippen LogP contribution in [0.5, 0.6) is 0 Å². The average molecular weight is 434 g/mol. The molecule has 0 spiro atoms. The highest BCUT2D eigenvalue weighted by molar-refractivity contribution is 5.77. The van der Waals surface area contributed by atoms with Crippen LogP contribution in [0.3, 0.4) is 0 Å². The van der Waals surface area contributed by atoms with Crippen LogP contribution in [0, 0.1) is 0 Å². The number of carbonyl (C=O) groups excluding carboxylic acids is 4. The Labute approximate surface area is 177 Å². The standard InChI is InChI=1S/C19H34N2O9/c1-4-8-30-19(25)20-5-9-26-12-13-27-15-18(24)29-11-7-21(14-16(2)22)6-10-28-17(3)23/h4-15H2,1-3H3,(H,20,25). The van der Waals surface area contributed by atoms with Crippen molar-refractivity contribution in [1.82, 2.24) is 10.2 Å². The topological polar surface area (TPSA) is 130 Å². The van der Waals surface area contributed by atoms with Gasteiger partial charge in [0.25, 0.3) is 0 Å². The number of nitrogens with one attached hydrogen (secondary N) is 1. The monoisotopic (exact) mass is 434 g/mol. The van der Waals surface area contributed by atoms with Crippen LogP contribution in [0.2, 0.25) is 0 Å². The largest absolute Gasteiger partial charge is 0.465 e. The first kappa shape index (κ1) is 27.8. The molecule has 0 aliphatic rings. The van der Waals surface area contributed by atoms with Crippen molar-refractivity contribution in [3.63, 3.8) is 0 Å². The molecular formula is C19H34N2O9. The zero-order valence-corrected chi connectivity index (χ0v) is 18.1. The van der Waals surface area contributed by atoms with Crippen LogP contribution in [0.25, 0.3) is 0 Å². The Hall–Kier alpha value is -2.24. The van der Waals surface area contributed by atoms with Crippen LogP contribution in [-0.4, -0.2) is 101 Å². The van der Waals surface area contributed by atoms with E-state index < -0.39 is 18.0 Å². The molecule has 0 unspecified atom stereocenters. The predicted molar refractivity (Wildman–Crippen MR) is 106 cm³/mol. The number of rotatable bonds is 18. The molecule has 0 aromatic rings. The molecule has 1 N–H and O–H groups in total. The van der Waals surface area contributed by atoms with Crippen LogP contribution in [0.4, 0.5) is 4.79 Å². The smallest absolute Gasteiger partial charge is 0.407 e. The van der Waals surface area contributed by atoms with Gasteiger partial charge >= 0.3 is 18.0 Å². The lowest BCUT2D eigenvalue weighted by Crippen LogP contribution is -2.35. The van der Waals surface area contributed by atoms with Crippen LogP contribution in [-0.2, 0) is 38.1 Å². The molecule has 0 aromatic carbocycles. The third-order valence-corrected chi connectivity index (χ3v) is 3.37. The van der Waals surface area contributed by atoms with Crippen molar-refractivity contribution < 1.29 is 42.9 Å². The zero-order chi connectivity index (χ0) is 22.6. The summed E-state index contributed by atoms with van der Waals surface area (Å²) in [5.41, 5.74) is 0. The summed E-state index contributed by atoms with van der Waals surface area (Å²) in [6.45, 7) is 7.05. The van der Waals surface area contributed by atoms with E-state index in [4.69, 9.17) is 23.7 Å². The number of alkyl carbamates (subject to hydrolysis) is 1. The molecule has 30 heavy (non-hydrogen) atoms. The van der Waals surface area contributed by atoms with Crippen LogP contribution < -0.4 is 5.32 Å². The number of amides is 1. The quantitative estimate of drug-likeness (QED) is 0.181. The summed E-state index contributed by atoms with van der Waals surface area (Å²) < 4.78 is 25.2. The van der Waals surface area contributed by atoms with E-state index in [1.165, 1.54) is 13.8 Å². The van der Waals surface area contributed by atoms with E-state index in [0.29, 0.717) is 32.8 Å². The van der Waals surface area contributed by atoms with Gasteiger partial charge in [0.2, 0.25) is 0 Å². The molecule has 0 aliphatic carbocycles. The molecule has 0 aliphatic heterocycles. The Morgan fingerprint density at radius 1 is 0.800 bits per heavy atom. The molecule has 0 saturated carbocycles. The first-order valence-electron chi connectivity index (χ1n) is 9.92. The highest BCUT2D eigenvalue weighted by Gasteiger charge is 2.10.